The van der Waals surface area contributed by atoms with Crippen molar-refractivity contribution in [1.29, 1.82) is 0 Å². The van der Waals surface area contributed by atoms with Crippen LogP contribution >= 0.6 is 0 Å². The molecule has 8 heteroatoms. The molecule has 0 saturated heterocycles. The van der Waals surface area contributed by atoms with Gasteiger partial charge < -0.3 is 20.9 Å². The topological polar surface area (TPSA) is 84.6 Å². The SMILES string of the molecule is NCCOc1ccc(CC(=O)NCCCc2cccc(CC(F)(F)F)c2)cc1O. The van der Waals surface area contributed by atoms with Gasteiger partial charge in [0.2, 0.25) is 5.91 Å². The van der Waals surface area contributed by atoms with Gasteiger partial charge in [-0.15, -0.1) is 0 Å². The number of nitrogens with one attached hydrogen (secondary N) is 1. The Kier molecular flexibility index (Phi) is 8.33. The first-order valence-corrected chi connectivity index (χ1v) is 9.33. The molecule has 0 atom stereocenters. The van der Waals surface area contributed by atoms with Crippen LogP contribution in [0.15, 0.2) is 42.5 Å². The van der Waals surface area contributed by atoms with E-state index < -0.39 is 12.6 Å². The summed E-state index contributed by atoms with van der Waals surface area (Å²) in [5.41, 5.74) is 7.02. The van der Waals surface area contributed by atoms with Gasteiger partial charge in [-0.05, 0) is 41.7 Å². The largest absolute Gasteiger partial charge is 0.504 e. The number of ether oxygens (including phenoxy) is 1. The zero-order chi connectivity index (χ0) is 21.3. The summed E-state index contributed by atoms with van der Waals surface area (Å²) in [6.45, 7) is 1.02. The number of rotatable bonds is 10. The number of carbonyl (C=O) groups is 1. The van der Waals surface area contributed by atoms with Crippen LogP contribution < -0.4 is 15.8 Å². The van der Waals surface area contributed by atoms with E-state index in [1.165, 1.54) is 12.1 Å². The second-order valence-corrected chi connectivity index (χ2v) is 6.68. The second kappa shape index (κ2) is 10.7. The molecule has 1 amide bonds. The fourth-order valence-electron chi connectivity index (χ4n) is 2.86. The monoisotopic (exact) mass is 410 g/mol. The number of halogens is 3. The zero-order valence-corrected chi connectivity index (χ0v) is 16.0. The number of nitrogens with two attached hydrogens (primary N) is 1. The Bertz CT molecular complexity index is 810. The van der Waals surface area contributed by atoms with Gasteiger partial charge >= 0.3 is 6.18 Å². The van der Waals surface area contributed by atoms with Crippen LogP contribution in [0.5, 0.6) is 11.5 Å². The Balaban J connectivity index is 1.75. The molecule has 0 aliphatic rings. The lowest BCUT2D eigenvalue weighted by atomic mass is 10.0. The van der Waals surface area contributed by atoms with Crippen LogP contribution in [-0.4, -0.2) is 36.9 Å². The fraction of sp³-hybridized carbons (Fsp3) is 0.381. The highest BCUT2D eigenvalue weighted by molar-refractivity contribution is 5.78. The van der Waals surface area contributed by atoms with Crippen LogP contribution in [-0.2, 0) is 24.1 Å². The van der Waals surface area contributed by atoms with E-state index in [2.05, 4.69) is 5.32 Å². The Morgan fingerprint density at radius 2 is 1.86 bits per heavy atom. The van der Waals surface area contributed by atoms with Crippen molar-refractivity contribution in [3.05, 3.63) is 59.2 Å². The molecule has 0 bridgehead atoms. The molecule has 0 unspecified atom stereocenters. The van der Waals surface area contributed by atoms with E-state index in [0.717, 1.165) is 5.56 Å². The highest BCUT2D eigenvalue weighted by Crippen LogP contribution is 2.27. The second-order valence-electron chi connectivity index (χ2n) is 6.68. The summed E-state index contributed by atoms with van der Waals surface area (Å²) >= 11 is 0. The average molecular weight is 410 g/mol. The van der Waals surface area contributed by atoms with Crippen LogP contribution in [0.25, 0.3) is 0 Å². The van der Waals surface area contributed by atoms with Gasteiger partial charge in [-0.2, -0.15) is 13.2 Å². The average Bonchev–Trinajstić information content (AvgIpc) is 2.63. The predicted molar refractivity (Wildman–Crippen MR) is 104 cm³/mol. The van der Waals surface area contributed by atoms with Crippen molar-refractivity contribution in [2.75, 3.05) is 19.7 Å². The van der Waals surface area contributed by atoms with Crippen molar-refractivity contribution >= 4 is 5.91 Å². The molecule has 0 saturated carbocycles. The van der Waals surface area contributed by atoms with Crippen molar-refractivity contribution in [3.8, 4) is 11.5 Å². The number of hydrogen-bond acceptors (Lipinski definition) is 4. The van der Waals surface area contributed by atoms with Gasteiger partial charge in [0.05, 0.1) is 12.8 Å². The highest BCUT2D eigenvalue weighted by Gasteiger charge is 2.27. The van der Waals surface area contributed by atoms with Crippen molar-refractivity contribution < 1.29 is 27.8 Å². The molecule has 0 spiro atoms. The first-order chi connectivity index (χ1) is 13.8. The number of benzene rings is 2. The van der Waals surface area contributed by atoms with Gasteiger partial charge in [0, 0.05) is 13.1 Å². The minimum Gasteiger partial charge on any atom is -0.504 e. The molecule has 0 aliphatic carbocycles. The molecule has 0 heterocycles. The summed E-state index contributed by atoms with van der Waals surface area (Å²) in [5, 5.41) is 12.7. The zero-order valence-electron chi connectivity index (χ0n) is 16.0. The van der Waals surface area contributed by atoms with Crippen LogP contribution in [0.4, 0.5) is 13.2 Å². The first kappa shape index (κ1) is 22.5. The van der Waals surface area contributed by atoms with Gasteiger partial charge in [0.25, 0.3) is 0 Å². The third-order valence-electron chi connectivity index (χ3n) is 4.12. The van der Waals surface area contributed by atoms with Crippen molar-refractivity contribution in [3.63, 3.8) is 0 Å². The van der Waals surface area contributed by atoms with E-state index in [1.807, 2.05) is 0 Å². The third-order valence-corrected chi connectivity index (χ3v) is 4.12. The van der Waals surface area contributed by atoms with Crippen LogP contribution in [0.3, 0.4) is 0 Å². The molecule has 0 fully saturated rings. The number of carbonyl (C=O) groups excluding carboxylic acids is 1. The van der Waals surface area contributed by atoms with Gasteiger partial charge in [-0.1, -0.05) is 30.3 Å². The van der Waals surface area contributed by atoms with Crippen molar-refractivity contribution in [2.45, 2.75) is 31.9 Å². The minimum atomic E-state index is -4.23. The Morgan fingerprint density at radius 1 is 1.10 bits per heavy atom. The number of aryl methyl sites for hydroxylation is 1. The number of phenolic OH excluding ortho intramolecular Hbond substituents is 1. The maximum absolute atomic E-state index is 12.5. The Labute approximate surface area is 167 Å². The molecule has 0 radical (unpaired) electrons. The van der Waals surface area contributed by atoms with E-state index >= 15 is 0 Å². The van der Waals surface area contributed by atoms with Crippen molar-refractivity contribution in [2.24, 2.45) is 5.73 Å². The summed E-state index contributed by atoms with van der Waals surface area (Å²) in [4.78, 5) is 12.0. The summed E-state index contributed by atoms with van der Waals surface area (Å²) in [6, 6.07) is 11.1. The fourth-order valence-corrected chi connectivity index (χ4v) is 2.86. The molecule has 5 nitrogen and oxygen atoms in total. The molecular formula is C21H25F3N2O3. The van der Waals surface area contributed by atoms with Gasteiger partial charge in [0.1, 0.15) is 6.61 Å². The standard InChI is InChI=1S/C21H25F3N2O3/c22-21(23,24)14-17-4-1-3-15(11-17)5-2-9-26-20(28)13-16-6-7-19(18(27)12-16)29-10-8-25/h1,3-4,6-7,11-12,27H,2,5,8-10,13-14,25H2,(H,26,28). The lowest BCUT2D eigenvalue weighted by Gasteiger charge is -2.10. The molecule has 0 aromatic heterocycles. The molecule has 2 rings (SSSR count). The van der Waals surface area contributed by atoms with Gasteiger partial charge in [0.15, 0.2) is 11.5 Å². The van der Waals surface area contributed by atoms with E-state index in [0.29, 0.717) is 37.2 Å². The predicted octanol–water partition coefficient (Wildman–Crippen LogP) is 3.13. The Morgan fingerprint density at radius 3 is 2.55 bits per heavy atom. The summed E-state index contributed by atoms with van der Waals surface area (Å²) in [6.07, 6.45) is -3.89. The smallest absolute Gasteiger partial charge is 0.393 e. The number of alkyl halides is 3. The van der Waals surface area contributed by atoms with Crippen LogP contribution in [0.2, 0.25) is 0 Å². The third kappa shape index (κ3) is 8.43. The summed E-state index contributed by atoms with van der Waals surface area (Å²) in [7, 11) is 0. The van der Waals surface area contributed by atoms with Gasteiger partial charge in [-0.3, -0.25) is 4.79 Å². The van der Waals surface area contributed by atoms with Gasteiger partial charge in [-0.25, -0.2) is 0 Å². The maximum Gasteiger partial charge on any atom is 0.393 e. The van der Waals surface area contributed by atoms with E-state index in [4.69, 9.17) is 10.5 Å². The normalized spacial score (nSPS) is 11.3. The summed E-state index contributed by atoms with van der Waals surface area (Å²) in [5.74, 6) is 0.0562. The van der Waals surface area contributed by atoms with Crippen LogP contribution in [0, 0.1) is 0 Å². The lowest BCUT2D eigenvalue weighted by Crippen LogP contribution is -2.26. The molecule has 2 aromatic carbocycles. The van der Waals surface area contributed by atoms with E-state index in [9.17, 15) is 23.1 Å². The van der Waals surface area contributed by atoms with E-state index in [-0.39, 0.29) is 30.2 Å². The number of phenols is 1. The highest BCUT2D eigenvalue weighted by atomic mass is 19.4. The van der Waals surface area contributed by atoms with E-state index in [1.54, 1.807) is 30.3 Å². The summed E-state index contributed by atoms with van der Waals surface area (Å²) < 4.78 is 42.7. The molecule has 0 aliphatic heterocycles. The molecule has 29 heavy (non-hydrogen) atoms. The maximum atomic E-state index is 12.5. The van der Waals surface area contributed by atoms with Crippen LogP contribution in [0.1, 0.15) is 23.1 Å². The molecule has 158 valence electrons. The quantitative estimate of drug-likeness (QED) is 0.526. The lowest BCUT2D eigenvalue weighted by molar-refractivity contribution is -0.127. The number of aromatic hydroxyl groups is 1. The molecule has 2 aromatic rings. The van der Waals surface area contributed by atoms with Crippen molar-refractivity contribution in [1.82, 2.24) is 5.32 Å². The minimum absolute atomic E-state index is 0.0533. The first-order valence-electron chi connectivity index (χ1n) is 9.33. The Hall–Kier alpha value is -2.74. The molecule has 4 N–H and O–H groups in total. The number of amides is 1. The molecular weight excluding hydrogens is 385 g/mol. The number of hydrogen-bond donors (Lipinski definition) is 3.